The molecule has 1 heterocycles. The average Bonchev–Trinajstić information content (AvgIpc) is 2.33. The summed E-state index contributed by atoms with van der Waals surface area (Å²) in [5.74, 6) is 1.90. The highest BCUT2D eigenvalue weighted by molar-refractivity contribution is 9.10. The van der Waals surface area contributed by atoms with Gasteiger partial charge in [0.1, 0.15) is 11.5 Å². The van der Waals surface area contributed by atoms with E-state index in [2.05, 4.69) is 20.9 Å². The molecule has 0 fully saturated rings. The minimum Gasteiger partial charge on any atom is -0.456 e. The lowest BCUT2D eigenvalue weighted by Crippen LogP contribution is -1.89. The van der Waals surface area contributed by atoms with Crippen molar-refractivity contribution in [2.75, 3.05) is 0 Å². The first-order valence-corrected chi connectivity index (χ1v) is 6.46. The summed E-state index contributed by atoms with van der Waals surface area (Å²) in [7, 11) is 0. The first-order valence-electron chi connectivity index (χ1n) is 5.14. The molecule has 0 aliphatic rings. The molecule has 0 spiro atoms. The van der Waals surface area contributed by atoms with Crippen LogP contribution in [0, 0.1) is 6.92 Å². The molecule has 0 amide bonds. The van der Waals surface area contributed by atoms with E-state index in [9.17, 15) is 0 Å². The van der Waals surface area contributed by atoms with Crippen LogP contribution >= 0.6 is 27.5 Å². The Hall–Kier alpha value is -1.06. The lowest BCUT2D eigenvalue weighted by atomic mass is 10.2. The van der Waals surface area contributed by atoms with E-state index < -0.39 is 0 Å². The highest BCUT2D eigenvalue weighted by atomic mass is 79.9. The molecule has 4 heteroatoms. The summed E-state index contributed by atoms with van der Waals surface area (Å²) in [6, 6.07) is 9.59. The van der Waals surface area contributed by atoms with E-state index in [0.717, 1.165) is 21.7 Å². The fourth-order valence-corrected chi connectivity index (χ4v) is 2.13. The highest BCUT2D eigenvalue weighted by Gasteiger charge is 2.03. The van der Waals surface area contributed by atoms with Crippen LogP contribution < -0.4 is 4.74 Å². The van der Waals surface area contributed by atoms with Crippen LogP contribution in [0.4, 0.5) is 0 Å². The van der Waals surface area contributed by atoms with Crippen LogP contribution in [0.5, 0.6) is 11.5 Å². The number of alkyl halides is 1. The van der Waals surface area contributed by atoms with Crippen molar-refractivity contribution in [3.8, 4) is 11.5 Å². The summed E-state index contributed by atoms with van der Waals surface area (Å²) in [5, 5.41) is 0. The molecule has 88 valence electrons. The Morgan fingerprint density at radius 3 is 2.82 bits per heavy atom. The molecular formula is C13H11BrClNO. The number of hydrogen-bond acceptors (Lipinski definition) is 2. The first-order chi connectivity index (χ1) is 8.19. The van der Waals surface area contributed by atoms with Crippen molar-refractivity contribution < 1.29 is 4.74 Å². The number of hydrogen-bond donors (Lipinski definition) is 0. The quantitative estimate of drug-likeness (QED) is 0.767. The molecule has 0 saturated heterocycles. The fourth-order valence-electron chi connectivity index (χ4n) is 1.41. The van der Waals surface area contributed by atoms with Crippen LogP contribution in [-0.4, -0.2) is 4.98 Å². The van der Waals surface area contributed by atoms with Crippen molar-refractivity contribution in [2.24, 2.45) is 0 Å². The van der Waals surface area contributed by atoms with Gasteiger partial charge in [-0.2, -0.15) is 0 Å². The molecule has 0 radical (unpaired) electrons. The van der Waals surface area contributed by atoms with Gasteiger partial charge in [-0.15, -0.1) is 11.6 Å². The van der Waals surface area contributed by atoms with Crippen LogP contribution in [0.25, 0.3) is 0 Å². The lowest BCUT2D eigenvalue weighted by Gasteiger charge is -2.08. The Morgan fingerprint density at radius 2 is 2.12 bits per heavy atom. The molecule has 0 atom stereocenters. The third-order valence-corrected chi connectivity index (χ3v) is 3.13. The van der Waals surface area contributed by atoms with Gasteiger partial charge in [-0.05, 0) is 46.6 Å². The lowest BCUT2D eigenvalue weighted by molar-refractivity contribution is 0.478. The molecule has 0 saturated carbocycles. The van der Waals surface area contributed by atoms with Gasteiger partial charge < -0.3 is 4.74 Å². The zero-order valence-corrected chi connectivity index (χ0v) is 11.6. The number of ether oxygens (including phenoxy) is 1. The molecule has 2 aromatic rings. The van der Waals surface area contributed by atoms with Crippen molar-refractivity contribution in [2.45, 2.75) is 12.8 Å². The molecule has 17 heavy (non-hydrogen) atoms. The van der Waals surface area contributed by atoms with Crippen molar-refractivity contribution in [3.05, 3.63) is 52.3 Å². The smallest absolute Gasteiger partial charge is 0.141 e. The molecule has 0 N–H and O–H groups in total. The van der Waals surface area contributed by atoms with Gasteiger partial charge in [-0.25, -0.2) is 0 Å². The van der Waals surface area contributed by atoms with Crippen molar-refractivity contribution in [3.63, 3.8) is 0 Å². The van der Waals surface area contributed by atoms with Crippen molar-refractivity contribution >= 4 is 27.5 Å². The van der Waals surface area contributed by atoms with Crippen molar-refractivity contribution in [1.29, 1.82) is 0 Å². The summed E-state index contributed by atoms with van der Waals surface area (Å²) in [6.07, 6.45) is 1.69. The van der Waals surface area contributed by atoms with E-state index in [1.807, 2.05) is 37.3 Å². The Balaban J connectivity index is 2.25. The summed E-state index contributed by atoms with van der Waals surface area (Å²) >= 11 is 9.20. The second kappa shape index (κ2) is 5.52. The monoisotopic (exact) mass is 311 g/mol. The molecule has 0 unspecified atom stereocenters. The predicted molar refractivity (Wildman–Crippen MR) is 72.7 cm³/mol. The summed E-state index contributed by atoms with van der Waals surface area (Å²) < 4.78 is 6.69. The largest absolute Gasteiger partial charge is 0.456 e. The van der Waals surface area contributed by atoms with Gasteiger partial charge >= 0.3 is 0 Å². The number of rotatable bonds is 3. The van der Waals surface area contributed by atoms with Gasteiger partial charge in [0.2, 0.25) is 0 Å². The second-order valence-electron chi connectivity index (χ2n) is 3.65. The van der Waals surface area contributed by atoms with E-state index in [-0.39, 0.29) is 0 Å². The van der Waals surface area contributed by atoms with E-state index in [4.69, 9.17) is 16.3 Å². The van der Waals surface area contributed by atoms with Crippen LogP contribution in [0.2, 0.25) is 0 Å². The van der Waals surface area contributed by atoms with E-state index in [1.165, 1.54) is 5.56 Å². The SMILES string of the molecule is Cc1ccc(Oc2ccnc(CCl)c2)c(Br)c1. The van der Waals surface area contributed by atoms with Crippen LogP contribution in [0.1, 0.15) is 11.3 Å². The van der Waals surface area contributed by atoms with E-state index in [0.29, 0.717) is 5.88 Å². The third-order valence-electron chi connectivity index (χ3n) is 2.24. The van der Waals surface area contributed by atoms with Crippen molar-refractivity contribution in [1.82, 2.24) is 4.98 Å². The third kappa shape index (κ3) is 3.20. The number of pyridine rings is 1. The number of nitrogens with zero attached hydrogens (tertiary/aromatic N) is 1. The zero-order chi connectivity index (χ0) is 12.3. The topological polar surface area (TPSA) is 22.1 Å². The number of halogens is 2. The van der Waals surface area contributed by atoms with Gasteiger partial charge in [0, 0.05) is 12.3 Å². The maximum Gasteiger partial charge on any atom is 0.141 e. The predicted octanol–water partition coefficient (Wildman–Crippen LogP) is 4.68. The zero-order valence-electron chi connectivity index (χ0n) is 9.28. The molecule has 2 rings (SSSR count). The molecule has 0 bridgehead atoms. The normalized spacial score (nSPS) is 10.3. The Morgan fingerprint density at radius 1 is 1.29 bits per heavy atom. The summed E-state index contributed by atoms with van der Waals surface area (Å²) in [4.78, 5) is 4.11. The number of aromatic nitrogens is 1. The second-order valence-corrected chi connectivity index (χ2v) is 4.77. The van der Waals surface area contributed by atoms with Gasteiger partial charge in [-0.3, -0.25) is 4.98 Å². The van der Waals surface area contributed by atoms with Gasteiger partial charge in [-0.1, -0.05) is 6.07 Å². The van der Waals surface area contributed by atoms with Gasteiger partial charge in [0.25, 0.3) is 0 Å². The average molecular weight is 313 g/mol. The molecule has 0 aliphatic carbocycles. The number of benzene rings is 1. The van der Waals surface area contributed by atoms with Gasteiger partial charge in [0.05, 0.1) is 16.0 Å². The van der Waals surface area contributed by atoms with E-state index >= 15 is 0 Å². The minimum atomic E-state index is 0.381. The Bertz CT molecular complexity index is 531. The molecular weight excluding hydrogens is 302 g/mol. The molecule has 1 aromatic heterocycles. The van der Waals surface area contributed by atoms with Gasteiger partial charge in [0.15, 0.2) is 0 Å². The summed E-state index contributed by atoms with van der Waals surface area (Å²) in [5.41, 5.74) is 1.98. The van der Waals surface area contributed by atoms with E-state index in [1.54, 1.807) is 6.20 Å². The first kappa shape index (κ1) is 12.4. The molecule has 0 aliphatic heterocycles. The highest BCUT2D eigenvalue weighted by Crippen LogP contribution is 2.30. The van der Waals surface area contributed by atoms with Crippen LogP contribution in [0.3, 0.4) is 0 Å². The summed E-state index contributed by atoms with van der Waals surface area (Å²) in [6.45, 7) is 2.03. The fraction of sp³-hybridized carbons (Fsp3) is 0.154. The number of aryl methyl sites for hydroxylation is 1. The molecule has 2 nitrogen and oxygen atoms in total. The maximum absolute atomic E-state index is 5.76. The van der Waals surface area contributed by atoms with Crippen LogP contribution in [0.15, 0.2) is 41.0 Å². The molecule has 1 aromatic carbocycles. The minimum absolute atomic E-state index is 0.381. The van der Waals surface area contributed by atoms with Crippen LogP contribution in [-0.2, 0) is 5.88 Å². The standard InChI is InChI=1S/C13H11BrClNO/c1-9-2-3-13(12(14)6-9)17-11-4-5-16-10(7-11)8-15/h2-7H,8H2,1H3. The Kier molecular flexibility index (Phi) is 4.02. The maximum atomic E-state index is 5.76. The Labute approximate surface area is 114 Å².